The molecule has 0 saturated carbocycles. The van der Waals surface area contributed by atoms with E-state index in [1.807, 2.05) is 30.1 Å². The number of hydrogen-bond acceptors (Lipinski definition) is 3. The van der Waals surface area contributed by atoms with E-state index in [1.165, 1.54) is 5.56 Å². The molecule has 0 radical (unpaired) electrons. The van der Waals surface area contributed by atoms with Crippen molar-refractivity contribution in [3.63, 3.8) is 0 Å². The smallest absolute Gasteiger partial charge is 0.170 e. The van der Waals surface area contributed by atoms with E-state index >= 15 is 0 Å². The molecule has 1 aromatic heterocycles. The van der Waals surface area contributed by atoms with Crippen LogP contribution in [0.3, 0.4) is 0 Å². The van der Waals surface area contributed by atoms with Crippen LogP contribution in [0.1, 0.15) is 11.1 Å². The van der Waals surface area contributed by atoms with Crippen molar-refractivity contribution in [2.75, 3.05) is 18.5 Å². The quantitative estimate of drug-likeness (QED) is 0.916. The van der Waals surface area contributed by atoms with Crippen molar-refractivity contribution in [3.05, 3.63) is 53.5 Å². The second-order valence-electron chi connectivity index (χ2n) is 4.67. The van der Waals surface area contributed by atoms with E-state index in [4.69, 9.17) is 0 Å². The largest absolute Gasteiger partial charge is 0.323 e. The molecule has 4 heteroatoms. The fourth-order valence-electron chi connectivity index (χ4n) is 2.54. The van der Waals surface area contributed by atoms with Crippen LogP contribution in [-0.2, 0) is 13.0 Å². The first-order valence-electron chi connectivity index (χ1n) is 6.44. The van der Waals surface area contributed by atoms with Gasteiger partial charge in [0.25, 0.3) is 0 Å². The van der Waals surface area contributed by atoms with Gasteiger partial charge < -0.3 is 10.2 Å². The maximum atomic E-state index is 14.5. The summed E-state index contributed by atoms with van der Waals surface area (Å²) >= 11 is 0. The lowest BCUT2D eigenvalue weighted by Crippen LogP contribution is -2.18. The van der Waals surface area contributed by atoms with Gasteiger partial charge in [-0.05, 0) is 31.2 Å². The summed E-state index contributed by atoms with van der Waals surface area (Å²) in [5.41, 5.74) is 2.97. The van der Waals surface area contributed by atoms with E-state index in [0.717, 1.165) is 18.7 Å². The van der Waals surface area contributed by atoms with Crippen molar-refractivity contribution >= 4 is 11.5 Å². The Morgan fingerprint density at radius 2 is 2.16 bits per heavy atom. The summed E-state index contributed by atoms with van der Waals surface area (Å²) < 4.78 is 14.5. The Labute approximate surface area is 112 Å². The van der Waals surface area contributed by atoms with E-state index < -0.39 is 0 Å². The molecule has 0 spiro atoms. The molecule has 1 aliphatic heterocycles. The predicted molar refractivity (Wildman–Crippen MR) is 74.1 cm³/mol. The minimum atomic E-state index is -0.228. The fourth-order valence-corrected chi connectivity index (χ4v) is 2.54. The zero-order valence-corrected chi connectivity index (χ0v) is 10.9. The molecule has 3 nitrogen and oxygen atoms in total. The standard InChI is InChI=1S/C15H16FN3/c1-17-10-12-6-8-18-15(14(12)16)19-9-7-11-4-2-3-5-13(11)19/h2-6,8,17H,7,9-10H2,1H3. The van der Waals surface area contributed by atoms with E-state index in [2.05, 4.69) is 16.4 Å². The Kier molecular flexibility index (Phi) is 3.17. The van der Waals surface area contributed by atoms with Gasteiger partial charge in [-0.25, -0.2) is 9.37 Å². The van der Waals surface area contributed by atoms with Crippen LogP contribution in [-0.4, -0.2) is 18.6 Å². The molecule has 0 amide bonds. The van der Waals surface area contributed by atoms with Crippen LogP contribution in [0.4, 0.5) is 15.9 Å². The van der Waals surface area contributed by atoms with Gasteiger partial charge in [0, 0.05) is 30.5 Å². The van der Waals surface area contributed by atoms with Crippen molar-refractivity contribution in [1.29, 1.82) is 0 Å². The number of nitrogens with zero attached hydrogens (tertiary/aromatic N) is 2. The first kappa shape index (κ1) is 12.1. The minimum Gasteiger partial charge on any atom is -0.323 e. The van der Waals surface area contributed by atoms with Gasteiger partial charge in [-0.15, -0.1) is 0 Å². The van der Waals surface area contributed by atoms with Crippen LogP contribution in [0.2, 0.25) is 0 Å². The number of fused-ring (bicyclic) bond motifs is 1. The van der Waals surface area contributed by atoms with Crippen LogP contribution in [0.25, 0.3) is 0 Å². The van der Waals surface area contributed by atoms with Gasteiger partial charge in [0.15, 0.2) is 11.6 Å². The summed E-state index contributed by atoms with van der Waals surface area (Å²) in [6.45, 7) is 1.29. The second kappa shape index (κ2) is 4.97. The lowest BCUT2D eigenvalue weighted by molar-refractivity contribution is 0.593. The molecule has 1 aromatic carbocycles. The number of rotatable bonds is 3. The number of hydrogen-bond donors (Lipinski definition) is 1. The second-order valence-corrected chi connectivity index (χ2v) is 4.67. The van der Waals surface area contributed by atoms with Crippen LogP contribution in [0.5, 0.6) is 0 Å². The van der Waals surface area contributed by atoms with E-state index in [1.54, 1.807) is 12.3 Å². The molecule has 2 heterocycles. The molecule has 98 valence electrons. The molecular formula is C15H16FN3. The Morgan fingerprint density at radius 1 is 1.32 bits per heavy atom. The number of pyridine rings is 1. The van der Waals surface area contributed by atoms with Gasteiger partial charge in [-0.3, -0.25) is 0 Å². The lowest BCUT2D eigenvalue weighted by Gasteiger charge is -2.20. The van der Waals surface area contributed by atoms with Crippen LogP contribution < -0.4 is 10.2 Å². The van der Waals surface area contributed by atoms with Gasteiger partial charge in [0.05, 0.1) is 0 Å². The number of halogens is 1. The maximum Gasteiger partial charge on any atom is 0.170 e. The van der Waals surface area contributed by atoms with Crippen molar-refractivity contribution in [2.24, 2.45) is 0 Å². The normalized spacial score (nSPS) is 13.7. The predicted octanol–water partition coefficient (Wildman–Crippen LogP) is 2.63. The SMILES string of the molecule is CNCc1ccnc(N2CCc3ccccc32)c1F. The third-order valence-electron chi connectivity index (χ3n) is 3.46. The first-order chi connectivity index (χ1) is 9.31. The molecule has 0 aliphatic carbocycles. The maximum absolute atomic E-state index is 14.5. The van der Waals surface area contributed by atoms with Crippen molar-refractivity contribution < 1.29 is 4.39 Å². The topological polar surface area (TPSA) is 28.2 Å². The highest BCUT2D eigenvalue weighted by Crippen LogP contribution is 2.34. The number of para-hydroxylation sites is 1. The zero-order valence-electron chi connectivity index (χ0n) is 10.9. The number of benzene rings is 1. The first-order valence-corrected chi connectivity index (χ1v) is 6.44. The third-order valence-corrected chi connectivity index (χ3v) is 3.46. The van der Waals surface area contributed by atoms with Gasteiger partial charge in [-0.2, -0.15) is 0 Å². The summed E-state index contributed by atoms with van der Waals surface area (Å²) in [7, 11) is 1.81. The third kappa shape index (κ3) is 2.08. The van der Waals surface area contributed by atoms with E-state index in [9.17, 15) is 4.39 Å². The average molecular weight is 257 g/mol. The van der Waals surface area contributed by atoms with Gasteiger partial charge in [0.2, 0.25) is 0 Å². The molecule has 0 bridgehead atoms. The van der Waals surface area contributed by atoms with E-state index in [-0.39, 0.29) is 5.82 Å². The number of aromatic nitrogens is 1. The zero-order chi connectivity index (χ0) is 13.2. The highest BCUT2D eigenvalue weighted by molar-refractivity contribution is 5.68. The van der Waals surface area contributed by atoms with Gasteiger partial charge in [0.1, 0.15) is 0 Å². The summed E-state index contributed by atoms with van der Waals surface area (Å²) in [6.07, 6.45) is 2.61. The number of anilines is 2. The van der Waals surface area contributed by atoms with Crippen molar-refractivity contribution in [1.82, 2.24) is 10.3 Å². The lowest BCUT2D eigenvalue weighted by atomic mass is 10.2. The average Bonchev–Trinajstić information content (AvgIpc) is 2.85. The molecule has 0 fully saturated rings. The van der Waals surface area contributed by atoms with Crippen molar-refractivity contribution in [2.45, 2.75) is 13.0 Å². The summed E-state index contributed by atoms with van der Waals surface area (Å²) in [6, 6.07) is 9.83. The molecule has 0 saturated heterocycles. The van der Waals surface area contributed by atoms with Crippen LogP contribution >= 0.6 is 0 Å². The minimum absolute atomic E-state index is 0.228. The summed E-state index contributed by atoms with van der Waals surface area (Å²) in [5.74, 6) is 0.200. The summed E-state index contributed by atoms with van der Waals surface area (Å²) in [4.78, 5) is 6.19. The highest BCUT2D eigenvalue weighted by atomic mass is 19.1. The Morgan fingerprint density at radius 3 is 3.00 bits per heavy atom. The molecule has 3 rings (SSSR count). The monoisotopic (exact) mass is 257 g/mol. The molecule has 0 unspecified atom stereocenters. The van der Waals surface area contributed by atoms with E-state index in [0.29, 0.717) is 17.9 Å². The van der Waals surface area contributed by atoms with Crippen LogP contribution in [0, 0.1) is 5.82 Å². The molecule has 1 N–H and O–H groups in total. The van der Waals surface area contributed by atoms with Crippen LogP contribution in [0.15, 0.2) is 36.5 Å². The fraction of sp³-hybridized carbons (Fsp3) is 0.267. The van der Waals surface area contributed by atoms with Gasteiger partial charge in [-0.1, -0.05) is 18.2 Å². The molecule has 0 atom stereocenters. The molecule has 1 aliphatic rings. The molecule has 19 heavy (non-hydrogen) atoms. The Balaban J connectivity index is 2.02. The number of nitrogens with one attached hydrogen (secondary N) is 1. The van der Waals surface area contributed by atoms with Crippen molar-refractivity contribution in [3.8, 4) is 0 Å². The Bertz CT molecular complexity index is 598. The molecular weight excluding hydrogens is 241 g/mol. The summed E-state index contributed by atoms with van der Waals surface area (Å²) in [5, 5.41) is 2.98. The Hall–Kier alpha value is -1.94. The highest BCUT2D eigenvalue weighted by Gasteiger charge is 2.24. The van der Waals surface area contributed by atoms with Gasteiger partial charge >= 0.3 is 0 Å². The molecule has 2 aromatic rings.